The Kier molecular flexibility index (Phi) is 4.33. The Hall–Kier alpha value is -2.24. The first kappa shape index (κ1) is 12.8. The Morgan fingerprint density at radius 1 is 1.29 bits per heavy atom. The molecule has 0 fully saturated rings. The standard InChI is InChI=1S/C11H13NO5/c1-15-9-5-7(3-4-8(9)12)11(14)17-6-10(13)16-2/h3-5H,6,12H2,1-2H3. The highest BCUT2D eigenvalue weighted by Gasteiger charge is 2.12. The summed E-state index contributed by atoms with van der Waals surface area (Å²) in [7, 11) is 2.65. The molecule has 0 aliphatic heterocycles. The summed E-state index contributed by atoms with van der Waals surface area (Å²) in [6.07, 6.45) is 0. The van der Waals surface area contributed by atoms with Gasteiger partial charge in [0.2, 0.25) is 0 Å². The molecule has 0 unspecified atom stereocenters. The minimum absolute atomic E-state index is 0.250. The molecule has 0 aromatic heterocycles. The number of nitrogens with two attached hydrogens (primary N) is 1. The molecule has 0 amide bonds. The van der Waals surface area contributed by atoms with Crippen molar-refractivity contribution >= 4 is 17.6 Å². The molecule has 0 bridgehead atoms. The maximum atomic E-state index is 11.5. The Balaban J connectivity index is 2.72. The van der Waals surface area contributed by atoms with Crippen LogP contribution in [0.15, 0.2) is 18.2 Å². The van der Waals surface area contributed by atoms with E-state index in [0.29, 0.717) is 11.4 Å². The summed E-state index contributed by atoms with van der Waals surface area (Å²) in [5.74, 6) is -0.896. The van der Waals surface area contributed by atoms with Gasteiger partial charge >= 0.3 is 11.9 Å². The van der Waals surface area contributed by atoms with Crippen LogP contribution in [-0.2, 0) is 14.3 Å². The number of benzene rings is 1. The van der Waals surface area contributed by atoms with Gasteiger partial charge in [-0.2, -0.15) is 0 Å². The SMILES string of the molecule is COC(=O)COC(=O)c1ccc(N)c(OC)c1. The van der Waals surface area contributed by atoms with E-state index in [-0.39, 0.29) is 5.56 Å². The molecule has 0 atom stereocenters. The smallest absolute Gasteiger partial charge is 0.344 e. The third kappa shape index (κ3) is 3.37. The Bertz CT molecular complexity index is 430. The van der Waals surface area contributed by atoms with E-state index in [1.165, 1.54) is 32.4 Å². The van der Waals surface area contributed by atoms with E-state index < -0.39 is 18.5 Å². The first-order valence-electron chi connectivity index (χ1n) is 4.76. The molecule has 0 spiro atoms. The van der Waals surface area contributed by atoms with Crippen molar-refractivity contribution in [3.63, 3.8) is 0 Å². The highest BCUT2D eigenvalue weighted by atomic mass is 16.6. The van der Waals surface area contributed by atoms with Crippen molar-refractivity contribution in [1.29, 1.82) is 0 Å². The topological polar surface area (TPSA) is 87.9 Å². The van der Waals surface area contributed by atoms with Crippen LogP contribution in [0.1, 0.15) is 10.4 Å². The van der Waals surface area contributed by atoms with E-state index >= 15 is 0 Å². The van der Waals surface area contributed by atoms with Crippen LogP contribution < -0.4 is 10.5 Å². The minimum Gasteiger partial charge on any atom is -0.495 e. The first-order chi connectivity index (χ1) is 8.08. The molecule has 1 aromatic carbocycles. The van der Waals surface area contributed by atoms with E-state index in [4.69, 9.17) is 15.2 Å². The molecular weight excluding hydrogens is 226 g/mol. The molecule has 0 saturated carbocycles. The molecule has 2 N–H and O–H groups in total. The van der Waals surface area contributed by atoms with E-state index in [1.807, 2.05) is 0 Å². The highest BCUT2D eigenvalue weighted by Crippen LogP contribution is 2.22. The van der Waals surface area contributed by atoms with Gasteiger partial charge in [-0.1, -0.05) is 0 Å². The second-order valence-corrected chi connectivity index (χ2v) is 3.11. The van der Waals surface area contributed by atoms with Crippen LogP contribution in [0.4, 0.5) is 5.69 Å². The molecule has 0 aliphatic rings. The van der Waals surface area contributed by atoms with Crippen molar-refractivity contribution in [3.8, 4) is 5.75 Å². The van der Waals surface area contributed by atoms with Gasteiger partial charge in [-0.15, -0.1) is 0 Å². The number of ether oxygens (including phenoxy) is 3. The lowest BCUT2D eigenvalue weighted by molar-refractivity contribution is -0.144. The Morgan fingerprint density at radius 3 is 2.59 bits per heavy atom. The van der Waals surface area contributed by atoms with E-state index in [0.717, 1.165) is 0 Å². The molecule has 0 saturated heterocycles. The van der Waals surface area contributed by atoms with Gasteiger partial charge in [0.05, 0.1) is 25.5 Å². The van der Waals surface area contributed by atoms with Crippen molar-refractivity contribution in [2.24, 2.45) is 0 Å². The van der Waals surface area contributed by atoms with Crippen LogP contribution in [0.2, 0.25) is 0 Å². The van der Waals surface area contributed by atoms with Crippen molar-refractivity contribution in [3.05, 3.63) is 23.8 Å². The zero-order chi connectivity index (χ0) is 12.8. The summed E-state index contributed by atoms with van der Waals surface area (Å²) in [6, 6.07) is 4.44. The van der Waals surface area contributed by atoms with Crippen molar-refractivity contribution in [2.75, 3.05) is 26.6 Å². The normalized spacial score (nSPS) is 9.53. The average Bonchev–Trinajstić information content (AvgIpc) is 2.35. The summed E-state index contributed by atoms with van der Waals surface area (Å²) in [5.41, 5.74) is 6.26. The highest BCUT2D eigenvalue weighted by molar-refractivity contribution is 5.91. The van der Waals surface area contributed by atoms with Gasteiger partial charge in [-0.3, -0.25) is 0 Å². The maximum Gasteiger partial charge on any atom is 0.344 e. The number of hydrogen-bond donors (Lipinski definition) is 1. The van der Waals surface area contributed by atoms with Gasteiger partial charge in [0.1, 0.15) is 5.75 Å². The van der Waals surface area contributed by atoms with E-state index in [1.54, 1.807) is 0 Å². The van der Waals surface area contributed by atoms with Crippen molar-refractivity contribution < 1.29 is 23.8 Å². The molecule has 1 rings (SSSR count). The molecule has 1 aromatic rings. The van der Waals surface area contributed by atoms with Crippen molar-refractivity contribution in [2.45, 2.75) is 0 Å². The van der Waals surface area contributed by atoms with Gasteiger partial charge in [0, 0.05) is 0 Å². The molecule has 92 valence electrons. The number of carbonyl (C=O) groups is 2. The molecule has 17 heavy (non-hydrogen) atoms. The molecule has 0 heterocycles. The predicted molar refractivity (Wildman–Crippen MR) is 59.7 cm³/mol. The van der Waals surface area contributed by atoms with Gasteiger partial charge in [-0.25, -0.2) is 9.59 Å². The summed E-state index contributed by atoms with van der Waals surface area (Å²) < 4.78 is 14.0. The number of rotatable bonds is 4. The Labute approximate surface area is 98.3 Å². The van der Waals surface area contributed by atoms with Crippen LogP contribution in [0.3, 0.4) is 0 Å². The van der Waals surface area contributed by atoms with Crippen LogP contribution in [0, 0.1) is 0 Å². The fourth-order valence-electron chi connectivity index (χ4n) is 1.10. The number of carbonyl (C=O) groups excluding carboxylic acids is 2. The van der Waals surface area contributed by atoms with Crippen molar-refractivity contribution in [1.82, 2.24) is 0 Å². The third-order valence-electron chi connectivity index (χ3n) is 2.02. The number of esters is 2. The summed E-state index contributed by atoms with van der Waals surface area (Å²) >= 11 is 0. The van der Waals surface area contributed by atoms with Crippen LogP contribution in [0.5, 0.6) is 5.75 Å². The fourth-order valence-corrected chi connectivity index (χ4v) is 1.10. The number of methoxy groups -OCH3 is 2. The number of hydrogen-bond acceptors (Lipinski definition) is 6. The maximum absolute atomic E-state index is 11.5. The fraction of sp³-hybridized carbons (Fsp3) is 0.273. The van der Waals surface area contributed by atoms with Crippen LogP contribution in [-0.4, -0.2) is 32.8 Å². The van der Waals surface area contributed by atoms with Gasteiger partial charge in [-0.05, 0) is 18.2 Å². The lowest BCUT2D eigenvalue weighted by atomic mass is 10.2. The minimum atomic E-state index is -0.645. The van der Waals surface area contributed by atoms with Gasteiger partial charge in [0.15, 0.2) is 6.61 Å². The molecular formula is C11H13NO5. The van der Waals surface area contributed by atoms with Gasteiger partial charge < -0.3 is 19.9 Å². The quantitative estimate of drug-likeness (QED) is 0.611. The zero-order valence-electron chi connectivity index (χ0n) is 9.56. The number of anilines is 1. The number of nitrogen functional groups attached to an aromatic ring is 1. The Morgan fingerprint density at radius 2 is 2.00 bits per heavy atom. The second kappa shape index (κ2) is 5.74. The van der Waals surface area contributed by atoms with E-state index in [9.17, 15) is 9.59 Å². The van der Waals surface area contributed by atoms with Crippen LogP contribution >= 0.6 is 0 Å². The lowest BCUT2D eigenvalue weighted by Gasteiger charge is -2.07. The third-order valence-corrected chi connectivity index (χ3v) is 2.02. The monoisotopic (exact) mass is 239 g/mol. The first-order valence-corrected chi connectivity index (χ1v) is 4.76. The molecule has 0 radical (unpaired) electrons. The second-order valence-electron chi connectivity index (χ2n) is 3.11. The van der Waals surface area contributed by atoms with E-state index in [2.05, 4.69) is 4.74 Å². The molecule has 0 aliphatic carbocycles. The lowest BCUT2D eigenvalue weighted by Crippen LogP contribution is -2.15. The molecule has 6 heteroatoms. The summed E-state index contributed by atoms with van der Waals surface area (Å²) in [4.78, 5) is 22.3. The van der Waals surface area contributed by atoms with Crippen LogP contribution in [0.25, 0.3) is 0 Å². The summed E-state index contributed by atoms with van der Waals surface area (Å²) in [5, 5.41) is 0. The predicted octanol–water partition coefficient (Wildman–Crippen LogP) is 0.607. The average molecular weight is 239 g/mol. The molecule has 6 nitrogen and oxygen atoms in total. The summed E-state index contributed by atoms with van der Waals surface area (Å²) in [6.45, 7) is -0.429. The zero-order valence-corrected chi connectivity index (χ0v) is 9.56. The van der Waals surface area contributed by atoms with Gasteiger partial charge in [0.25, 0.3) is 0 Å². The largest absolute Gasteiger partial charge is 0.495 e.